The number of nitrogens with zero attached hydrogens (tertiary/aromatic N) is 1. The zero-order valence-corrected chi connectivity index (χ0v) is 11.9. The van der Waals surface area contributed by atoms with Gasteiger partial charge in [-0.25, -0.2) is 0 Å². The van der Waals surface area contributed by atoms with Gasteiger partial charge in [0.25, 0.3) is 0 Å². The molecule has 0 radical (unpaired) electrons. The molecule has 0 spiro atoms. The number of allylic oxidation sites excluding steroid dienone is 1. The van der Waals surface area contributed by atoms with Gasteiger partial charge < -0.3 is 0 Å². The van der Waals surface area contributed by atoms with Crippen molar-refractivity contribution in [3.63, 3.8) is 0 Å². The minimum Gasteiger partial charge on any atom is -0.192 e. The zero-order chi connectivity index (χ0) is 13.9. The summed E-state index contributed by atoms with van der Waals surface area (Å²) >= 11 is 1.70. The third-order valence-electron chi connectivity index (χ3n) is 3.25. The van der Waals surface area contributed by atoms with Gasteiger partial charge in [0, 0.05) is 15.3 Å². The maximum atomic E-state index is 9.49. The van der Waals surface area contributed by atoms with Crippen molar-refractivity contribution in [2.24, 2.45) is 0 Å². The Labute approximate surface area is 122 Å². The molecular formula is C18H13NS. The van der Waals surface area contributed by atoms with Gasteiger partial charge >= 0.3 is 0 Å². The predicted octanol–water partition coefficient (Wildman–Crippen LogP) is 5.27. The molecule has 96 valence electrons. The second kappa shape index (κ2) is 5.32. The molecule has 1 nitrogen and oxygen atoms in total. The SMILES string of the molecule is Cc1ccc(/C=C(\C#N)c2cccc3ccccc23)s1. The van der Waals surface area contributed by atoms with Gasteiger partial charge in [-0.15, -0.1) is 11.3 Å². The Morgan fingerprint density at radius 3 is 2.60 bits per heavy atom. The highest BCUT2D eigenvalue weighted by Crippen LogP contribution is 2.28. The molecule has 0 bridgehead atoms. The maximum Gasteiger partial charge on any atom is 0.0998 e. The van der Waals surface area contributed by atoms with Crippen LogP contribution < -0.4 is 0 Å². The minimum atomic E-state index is 0.712. The van der Waals surface area contributed by atoms with E-state index in [4.69, 9.17) is 0 Å². The summed E-state index contributed by atoms with van der Waals surface area (Å²) < 4.78 is 0. The fraction of sp³-hybridized carbons (Fsp3) is 0.0556. The Morgan fingerprint density at radius 2 is 1.85 bits per heavy atom. The molecule has 0 fully saturated rings. The third kappa shape index (κ3) is 2.36. The molecule has 0 aliphatic heterocycles. The van der Waals surface area contributed by atoms with Crippen LogP contribution in [-0.2, 0) is 0 Å². The molecule has 0 aliphatic carbocycles. The lowest BCUT2D eigenvalue weighted by Crippen LogP contribution is -1.84. The van der Waals surface area contributed by atoms with Crippen LogP contribution in [0.15, 0.2) is 54.6 Å². The first-order valence-corrected chi connectivity index (χ1v) is 7.26. The molecule has 0 saturated carbocycles. The Bertz CT molecular complexity index is 828. The van der Waals surface area contributed by atoms with Crippen molar-refractivity contribution in [2.45, 2.75) is 6.92 Å². The molecule has 3 rings (SSSR count). The van der Waals surface area contributed by atoms with Gasteiger partial charge in [0.15, 0.2) is 0 Å². The van der Waals surface area contributed by atoms with Gasteiger partial charge in [0.05, 0.1) is 11.6 Å². The highest BCUT2D eigenvalue weighted by Gasteiger charge is 2.06. The lowest BCUT2D eigenvalue weighted by molar-refractivity contribution is 1.53. The van der Waals surface area contributed by atoms with Gasteiger partial charge in [-0.2, -0.15) is 5.26 Å². The number of thiophene rings is 1. The van der Waals surface area contributed by atoms with Crippen molar-refractivity contribution >= 4 is 33.8 Å². The summed E-state index contributed by atoms with van der Waals surface area (Å²) in [6.45, 7) is 2.08. The number of aryl methyl sites for hydroxylation is 1. The summed E-state index contributed by atoms with van der Waals surface area (Å²) in [6, 6.07) is 20.7. The molecule has 3 aromatic rings. The van der Waals surface area contributed by atoms with Crippen LogP contribution in [-0.4, -0.2) is 0 Å². The minimum absolute atomic E-state index is 0.712. The zero-order valence-electron chi connectivity index (χ0n) is 11.1. The summed E-state index contributed by atoms with van der Waals surface area (Å²) in [4.78, 5) is 2.37. The number of benzene rings is 2. The van der Waals surface area contributed by atoms with E-state index < -0.39 is 0 Å². The fourth-order valence-corrected chi connectivity index (χ4v) is 3.12. The average Bonchev–Trinajstić information content (AvgIpc) is 2.89. The van der Waals surface area contributed by atoms with Gasteiger partial charge in [0.2, 0.25) is 0 Å². The maximum absolute atomic E-state index is 9.49. The topological polar surface area (TPSA) is 23.8 Å². The van der Waals surface area contributed by atoms with Gasteiger partial charge in [0.1, 0.15) is 0 Å². The third-order valence-corrected chi connectivity index (χ3v) is 4.20. The summed E-state index contributed by atoms with van der Waals surface area (Å²) in [5.74, 6) is 0. The van der Waals surface area contributed by atoms with Crippen molar-refractivity contribution in [2.75, 3.05) is 0 Å². The van der Waals surface area contributed by atoms with Gasteiger partial charge in [-0.1, -0.05) is 42.5 Å². The number of fused-ring (bicyclic) bond motifs is 1. The summed E-state index contributed by atoms with van der Waals surface area (Å²) in [7, 11) is 0. The Balaban J connectivity index is 2.18. The van der Waals surface area contributed by atoms with E-state index in [9.17, 15) is 5.26 Å². The van der Waals surface area contributed by atoms with Crippen LogP contribution in [0.4, 0.5) is 0 Å². The first-order valence-electron chi connectivity index (χ1n) is 6.44. The summed E-state index contributed by atoms with van der Waals surface area (Å²) in [6.07, 6.45) is 1.97. The number of rotatable bonds is 2. The van der Waals surface area contributed by atoms with Crippen molar-refractivity contribution in [1.82, 2.24) is 0 Å². The van der Waals surface area contributed by atoms with Crippen LogP contribution in [0.1, 0.15) is 15.3 Å². The summed E-state index contributed by atoms with van der Waals surface area (Å²) in [5.41, 5.74) is 1.71. The van der Waals surface area contributed by atoms with Gasteiger partial charge in [-0.05, 0) is 35.9 Å². The van der Waals surface area contributed by atoms with Crippen molar-refractivity contribution < 1.29 is 0 Å². The standard InChI is InChI=1S/C18H13NS/c1-13-9-10-16(20-13)11-15(12-19)18-8-4-6-14-5-2-3-7-17(14)18/h2-11H,1H3/b15-11+. The molecule has 1 heterocycles. The molecule has 1 aromatic heterocycles. The lowest BCUT2D eigenvalue weighted by atomic mass is 9.98. The largest absolute Gasteiger partial charge is 0.192 e. The van der Waals surface area contributed by atoms with Crippen molar-refractivity contribution in [3.8, 4) is 6.07 Å². The molecule has 0 N–H and O–H groups in total. The quantitative estimate of drug-likeness (QED) is 0.584. The van der Waals surface area contributed by atoms with E-state index in [1.165, 1.54) is 4.88 Å². The Morgan fingerprint density at radius 1 is 1.05 bits per heavy atom. The second-order valence-corrected chi connectivity index (χ2v) is 5.96. The van der Waals surface area contributed by atoms with E-state index in [2.05, 4.69) is 43.3 Å². The monoisotopic (exact) mass is 275 g/mol. The summed E-state index contributed by atoms with van der Waals surface area (Å²) in [5, 5.41) is 11.8. The smallest absolute Gasteiger partial charge is 0.0998 e. The normalized spacial score (nSPS) is 11.5. The first-order chi connectivity index (χ1) is 9.78. The van der Waals surface area contributed by atoms with E-state index in [1.807, 2.05) is 30.3 Å². The van der Waals surface area contributed by atoms with Crippen LogP contribution in [0.2, 0.25) is 0 Å². The van der Waals surface area contributed by atoms with Crippen LogP contribution in [0.5, 0.6) is 0 Å². The number of hydrogen-bond donors (Lipinski definition) is 0. The molecule has 0 unspecified atom stereocenters. The molecule has 0 aliphatic rings. The van der Waals surface area contributed by atoms with E-state index in [-0.39, 0.29) is 0 Å². The van der Waals surface area contributed by atoms with Crippen molar-refractivity contribution in [1.29, 1.82) is 5.26 Å². The molecule has 0 amide bonds. The molecular weight excluding hydrogens is 262 g/mol. The molecule has 20 heavy (non-hydrogen) atoms. The highest BCUT2D eigenvalue weighted by atomic mass is 32.1. The van der Waals surface area contributed by atoms with Crippen molar-refractivity contribution in [3.05, 3.63) is 69.9 Å². The predicted molar refractivity (Wildman–Crippen MR) is 86.5 cm³/mol. The Hall–Kier alpha value is -2.37. The lowest BCUT2D eigenvalue weighted by Gasteiger charge is -2.04. The molecule has 2 aromatic carbocycles. The number of hydrogen-bond acceptors (Lipinski definition) is 2. The molecule has 0 atom stereocenters. The fourth-order valence-electron chi connectivity index (χ4n) is 2.30. The van der Waals surface area contributed by atoms with E-state index in [1.54, 1.807) is 11.3 Å². The molecule has 0 saturated heterocycles. The highest BCUT2D eigenvalue weighted by molar-refractivity contribution is 7.12. The Kier molecular flexibility index (Phi) is 3.37. The van der Waals surface area contributed by atoms with Crippen LogP contribution >= 0.6 is 11.3 Å². The van der Waals surface area contributed by atoms with E-state index in [0.717, 1.165) is 21.2 Å². The van der Waals surface area contributed by atoms with Crippen LogP contribution in [0.25, 0.3) is 22.4 Å². The van der Waals surface area contributed by atoms with E-state index >= 15 is 0 Å². The number of nitriles is 1. The second-order valence-electron chi connectivity index (χ2n) is 4.64. The van der Waals surface area contributed by atoms with Crippen LogP contribution in [0.3, 0.4) is 0 Å². The van der Waals surface area contributed by atoms with Gasteiger partial charge in [-0.3, -0.25) is 0 Å². The average molecular weight is 275 g/mol. The first kappa shape index (κ1) is 12.7. The van der Waals surface area contributed by atoms with Crippen LogP contribution in [0, 0.1) is 18.3 Å². The molecule has 2 heteroatoms. The van der Waals surface area contributed by atoms with E-state index in [0.29, 0.717) is 5.57 Å².